The van der Waals surface area contributed by atoms with E-state index in [1.807, 2.05) is 26.0 Å². The molecule has 3 heteroatoms. The Balaban J connectivity index is 1.96. The molecule has 0 aliphatic heterocycles. The molecule has 1 aliphatic rings. The van der Waals surface area contributed by atoms with Gasteiger partial charge in [0.05, 0.1) is 0 Å². The van der Waals surface area contributed by atoms with E-state index in [1.165, 1.54) is 0 Å². The molecule has 1 aliphatic carbocycles. The number of rotatable bonds is 4. The van der Waals surface area contributed by atoms with Gasteiger partial charge < -0.3 is 10.1 Å². The third kappa shape index (κ3) is 3.48. The van der Waals surface area contributed by atoms with Crippen molar-refractivity contribution in [1.82, 2.24) is 5.32 Å². The molecule has 0 saturated heterocycles. The van der Waals surface area contributed by atoms with E-state index in [-0.39, 0.29) is 5.91 Å². The number of aryl methyl sites for hydroxylation is 2. The lowest BCUT2D eigenvalue weighted by Gasteiger charge is -2.15. The zero-order chi connectivity index (χ0) is 12.4. The van der Waals surface area contributed by atoms with Crippen molar-refractivity contribution in [2.45, 2.75) is 45.8 Å². The van der Waals surface area contributed by atoms with Crippen LogP contribution in [0, 0.1) is 13.8 Å². The quantitative estimate of drug-likeness (QED) is 0.867. The van der Waals surface area contributed by atoms with E-state index < -0.39 is 6.10 Å². The molecule has 1 atom stereocenters. The molecule has 1 saturated carbocycles. The van der Waals surface area contributed by atoms with Gasteiger partial charge in [-0.25, -0.2) is 0 Å². The summed E-state index contributed by atoms with van der Waals surface area (Å²) in [6.45, 7) is 5.83. The second-order valence-electron chi connectivity index (χ2n) is 4.87. The maximum Gasteiger partial charge on any atom is 0.260 e. The summed E-state index contributed by atoms with van der Waals surface area (Å²) < 4.78 is 5.65. The predicted molar refractivity (Wildman–Crippen MR) is 67.2 cm³/mol. The summed E-state index contributed by atoms with van der Waals surface area (Å²) in [7, 11) is 0. The third-order valence-corrected chi connectivity index (χ3v) is 2.80. The van der Waals surface area contributed by atoms with Gasteiger partial charge in [-0.2, -0.15) is 0 Å². The summed E-state index contributed by atoms with van der Waals surface area (Å²) in [5.41, 5.74) is 2.30. The average Bonchev–Trinajstić information content (AvgIpc) is 2.99. The van der Waals surface area contributed by atoms with Crippen LogP contribution in [-0.2, 0) is 4.79 Å². The zero-order valence-electron chi connectivity index (χ0n) is 10.6. The Hall–Kier alpha value is -1.51. The topological polar surface area (TPSA) is 38.3 Å². The summed E-state index contributed by atoms with van der Waals surface area (Å²) in [6.07, 6.45) is 1.76. The Kier molecular flexibility index (Phi) is 3.36. The molecule has 2 rings (SSSR count). The highest BCUT2D eigenvalue weighted by Crippen LogP contribution is 2.20. The van der Waals surface area contributed by atoms with Crippen LogP contribution in [0.25, 0.3) is 0 Å². The first-order chi connectivity index (χ1) is 8.04. The van der Waals surface area contributed by atoms with E-state index in [0.717, 1.165) is 29.7 Å². The predicted octanol–water partition coefficient (Wildman–Crippen LogP) is 2.35. The van der Waals surface area contributed by atoms with Gasteiger partial charge in [0.2, 0.25) is 0 Å². The molecule has 1 aromatic carbocycles. The number of nitrogens with one attached hydrogen (secondary N) is 1. The fourth-order valence-corrected chi connectivity index (χ4v) is 1.80. The monoisotopic (exact) mass is 233 g/mol. The van der Waals surface area contributed by atoms with E-state index >= 15 is 0 Å². The molecule has 0 radical (unpaired) electrons. The Bertz CT molecular complexity index is 404. The fourth-order valence-electron chi connectivity index (χ4n) is 1.80. The fraction of sp³-hybridized carbons (Fsp3) is 0.500. The summed E-state index contributed by atoms with van der Waals surface area (Å²) in [4.78, 5) is 11.7. The van der Waals surface area contributed by atoms with E-state index in [4.69, 9.17) is 4.74 Å². The molecule has 0 heterocycles. The van der Waals surface area contributed by atoms with Gasteiger partial charge in [-0.15, -0.1) is 0 Å². The highest BCUT2D eigenvalue weighted by atomic mass is 16.5. The normalized spacial score (nSPS) is 16.4. The van der Waals surface area contributed by atoms with Gasteiger partial charge >= 0.3 is 0 Å². The smallest absolute Gasteiger partial charge is 0.260 e. The molecule has 92 valence electrons. The molecule has 1 unspecified atom stereocenters. The van der Waals surface area contributed by atoms with E-state index in [1.54, 1.807) is 6.92 Å². The lowest BCUT2D eigenvalue weighted by molar-refractivity contribution is -0.127. The number of hydrogen-bond acceptors (Lipinski definition) is 2. The van der Waals surface area contributed by atoms with E-state index in [9.17, 15) is 4.79 Å². The van der Waals surface area contributed by atoms with Crippen LogP contribution in [0.5, 0.6) is 5.75 Å². The van der Waals surface area contributed by atoms with Crippen LogP contribution < -0.4 is 10.1 Å². The number of benzene rings is 1. The largest absolute Gasteiger partial charge is 0.481 e. The van der Waals surface area contributed by atoms with Gasteiger partial charge in [0, 0.05) is 6.04 Å². The molecular weight excluding hydrogens is 214 g/mol. The Morgan fingerprint density at radius 2 is 1.88 bits per heavy atom. The Labute approximate surface area is 102 Å². The SMILES string of the molecule is Cc1cc(C)cc(OC(C)C(=O)NC2CC2)c1. The molecule has 0 bridgehead atoms. The molecule has 1 amide bonds. The minimum Gasteiger partial charge on any atom is -0.481 e. The van der Waals surface area contributed by atoms with Crippen molar-refractivity contribution in [3.63, 3.8) is 0 Å². The van der Waals surface area contributed by atoms with Gasteiger partial charge in [0.15, 0.2) is 6.10 Å². The summed E-state index contributed by atoms with van der Waals surface area (Å²) >= 11 is 0. The molecular formula is C14H19NO2. The Morgan fingerprint density at radius 1 is 1.29 bits per heavy atom. The van der Waals surface area contributed by atoms with Crippen molar-refractivity contribution in [2.75, 3.05) is 0 Å². The molecule has 17 heavy (non-hydrogen) atoms. The van der Waals surface area contributed by atoms with Gasteiger partial charge in [-0.05, 0) is 56.9 Å². The van der Waals surface area contributed by atoms with Crippen molar-refractivity contribution in [2.24, 2.45) is 0 Å². The maximum absolute atomic E-state index is 11.7. The van der Waals surface area contributed by atoms with Crippen molar-refractivity contribution in [1.29, 1.82) is 0 Å². The molecule has 3 nitrogen and oxygen atoms in total. The summed E-state index contributed by atoms with van der Waals surface area (Å²) in [5, 5.41) is 2.94. The number of carbonyl (C=O) groups excluding carboxylic acids is 1. The molecule has 1 N–H and O–H groups in total. The number of hydrogen-bond donors (Lipinski definition) is 1. The van der Waals surface area contributed by atoms with Crippen molar-refractivity contribution < 1.29 is 9.53 Å². The minimum atomic E-state index is -0.434. The van der Waals surface area contributed by atoms with Crippen LogP contribution in [0.15, 0.2) is 18.2 Å². The van der Waals surface area contributed by atoms with Crippen LogP contribution in [0.4, 0.5) is 0 Å². The number of ether oxygens (including phenoxy) is 1. The summed E-state index contributed by atoms with van der Waals surface area (Å²) in [5.74, 6) is 0.743. The van der Waals surface area contributed by atoms with Crippen molar-refractivity contribution >= 4 is 5.91 Å². The van der Waals surface area contributed by atoms with Gasteiger partial charge in [-0.1, -0.05) is 6.07 Å². The first-order valence-corrected chi connectivity index (χ1v) is 6.10. The number of carbonyl (C=O) groups is 1. The first kappa shape index (κ1) is 12.0. The van der Waals surface area contributed by atoms with Crippen LogP contribution in [-0.4, -0.2) is 18.1 Å². The molecule has 0 spiro atoms. The maximum atomic E-state index is 11.7. The van der Waals surface area contributed by atoms with E-state index in [2.05, 4.69) is 11.4 Å². The summed E-state index contributed by atoms with van der Waals surface area (Å²) in [6, 6.07) is 6.37. The second kappa shape index (κ2) is 4.78. The highest BCUT2D eigenvalue weighted by Gasteiger charge is 2.26. The van der Waals surface area contributed by atoms with Crippen LogP contribution in [0.1, 0.15) is 30.9 Å². The Morgan fingerprint density at radius 3 is 2.41 bits per heavy atom. The van der Waals surface area contributed by atoms with Crippen molar-refractivity contribution in [3.8, 4) is 5.75 Å². The van der Waals surface area contributed by atoms with Gasteiger partial charge in [-0.3, -0.25) is 4.79 Å². The molecule has 0 aromatic heterocycles. The minimum absolute atomic E-state index is 0.0216. The first-order valence-electron chi connectivity index (χ1n) is 6.10. The number of amides is 1. The van der Waals surface area contributed by atoms with Crippen LogP contribution in [0.3, 0.4) is 0 Å². The molecule has 1 aromatic rings. The van der Waals surface area contributed by atoms with Gasteiger partial charge in [0.1, 0.15) is 5.75 Å². The standard InChI is InChI=1S/C14H19NO2/c1-9-6-10(2)8-13(7-9)17-11(3)14(16)15-12-4-5-12/h6-8,11-12H,4-5H2,1-3H3,(H,15,16). The zero-order valence-corrected chi connectivity index (χ0v) is 10.6. The van der Waals surface area contributed by atoms with Gasteiger partial charge in [0.25, 0.3) is 5.91 Å². The van der Waals surface area contributed by atoms with E-state index in [0.29, 0.717) is 6.04 Å². The van der Waals surface area contributed by atoms with Crippen molar-refractivity contribution in [3.05, 3.63) is 29.3 Å². The lowest BCUT2D eigenvalue weighted by atomic mass is 10.1. The molecule has 1 fully saturated rings. The second-order valence-corrected chi connectivity index (χ2v) is 4.87. The highest BCUT2D eigenvalue weighted by molar-refractivity contribution is 5.81. The van der Waals surface area contributed by atoms with Crippen LogP contribution in [0.2, 0.25) is 0 Å². The van der Waals surface area contributed by atoms with Crippen LogP contribution >= 0.6 is 0 Å². The average molecular weight is 233 g/mol. The third-order valence-electron chi connectivity index (χ3n) is 2.80. The lowest BCUT2D eigenvalue weighted by Crippen LogP contribution is -2.37.